The van der Waals surface area contributed by atoms with Gasteiger partial charge in [0.15, 0.2) is 0 Å². The van der Waals surface area contributed by atoms with E-state index in [9.17, 15) is 4.79 Å². The molecule has 3 N–H and O–H groups in total. The maximum Gasteiger partial charge on any atom is 0.333 e. The molecule has 156 valence electrons. The van der Waals surface area contributed by atoms with E-state index in [2.05, 4.69) is 32.4 Å². The predicted octanol–water partition coefficient (Wildman–Crippen LogP) is 4.80. The number of nitrogens with one attached hydrogen (secondary N) is 3. The Kier molecular flexibility index (Phi) is 14.7. The second-order valence-electron chi connectivity index (χ2n) is 6.80. The lowest BCUT2D eigenvalue weighted by molar-refractivity contribution is 0.127. The Morgan fingerprint density at radius 1 is 0.963 bits per heavy atom. The quantitative estimate of drug-likeness (QED) is 0.259. The number of unbranched alkanes of at least 4 members (excludes halogenated alkanes) is 9. The molecule has 8 heteroatoms. The summed E-state index contributed by atoms with van der Waals surface area (Å²) in [6.07, 6.45) is 14.2. The van der Waals surface area contributed by atoms with Gasteiger partial charge in [-0.1, -0.05) is 64.7 Å². The first-order valence-corrected chi connectivity index (χ1v) is 11.2. The number of hydrogen-bond donors (Lipinski definition) is 3. The molecule has 0 saturated carbocycles. The molecule has 7 nitrogen and oxygen atoms in total. The lowest BCUT2D eigenvalue weighted by atomic mass is 10.1. The van der Waals surface area contributed by atoms with Crippen LogP contribution in [0.2, 0.25) is 0 Å². The summed E-state index contributed by atoms with van der Waals surface area (Å²) in [7, 11) is 0. The Balaban J connectivity index is 1.76. The summed E-state index contributed by atoms with van der Waals surface area (Å²) in [6, 6.07) is -0.280. The molecule has 1 rings (SSSR count). The van der Waals surface area contributed by atoms with Gasteiger partial charge in [-0.05, 0) is 19.8 Å². The number of aromatic nitrogens is 2. The van der Waals surface area contributed by atoms with Crippen molar-refractivity contribution in [3.63, 3.8) is 0 Å². The molecule has 1 aromatic heterocycles. The molecular formula is C19H37N5O2S. The topological polar surface area (TPSA) is 88.2 Å². The van der Waals surface area contributed by atoms with Crippen molar-refractivity contribution in [1.29, 1.82) is 0 Å². The highest BCUT2D eigenvalue weighted by atomic mass is 32.1. The number of urea groups is 1. The van der Waals surface area contributed by atoms with Crippen molar-refractivity contribution in [1.82, 2.24) is 20.1 Å². The number of carbonyl (C=O) groups excluding carboxylic acids is 1. The first-order valence-electron chi connectivity index (χ1n) is 10.4. The van der Waals surface area contributed by atoms with Crippen molar-refractivity contribution in [3.8, 4) is 0 Å². The van der Waals surface area contributed by atoms with E-state index in [0.29, 0.717) is 24.1 Å². The van der Waals surface area contributed by atoms with Gasteiger partial charge >= 0.3 is 6.03 Å². The Morgan fingerprint density at radius 3 is 2.22 bits per heavy atom. The monoisotopic (exact) mass is 399 g/mol. The largest absolute Gasteiger partial charge is 0.381 e. The normalized spacial score (nSPS) is 10.7. The fourth-order valence-electron chi connectivity index (χ4n) is 2.67. The van der Waals surface area contributed by atoms with Crippen LogP contribution < -0.4 is 16.2 Å². The van der Waals surface area contributed by atoms with E-state index in [0.717, 1.165) is 19.4 Å². The van der Waals surface area contributed by atoms with Crippen molar-refractivity contribution >= 4 is 22.7 Å². The number of hydrazine groups is 1. The van der Waals surface area contributed by atoms with Crippen molar-refractivity contribution in [2.24, 2.45) is 0 Å². The fraction of sp³-hybridized carbons (Fsp3) is 0.842. The Hall–Kier alpha value is -1.41. The van der Waals surface area contributed by atoms with E-state index in [1.54, 1.807) is 6.92 Å². The number of anilines is 1. The minimum atomic E-state index is -0.280. The summed E-state index contributed by atoms with van der Waals surface area (Å²) in [6.45, 7) is 6.15. The third-order valence-corrected chi connectivity index (χ3v) is 4.93. The fourth-order valence-corrected chi connectivity index (χ4v) is 3.20. The van der Waals surface area contributed by atoms with E-state index in [1.807, 2.05) is 0 Å². The van der Waals surface area contributed by atoms with Gasteiger partial charge in [0.25, 0.3) is 0 Å². The average Bonchev–Trinajstić information content (AvgIpc) is 3.08. The zero-order valence-corrected chi connectivity index (χ0v) is 17.8. The molecular weight excluding hydrogens is 362 g/mol. The first-order chi connectivity index (χ1) is 13.2. The highest BCUT2D eigenvalue weighted by Crippen LogP contribution is 2.10. The molecule has 0 radical (unpaired) electrons. The van der Waals surface area contributed by atoms with Crippen LogP contribution in [0.3, 0.4) is 0 Å². The van der Waals surface area contributed by atoms with Gasteiger partial charge in [0.1, 0.15) is 5.82 Å². The molecule has 0 aliphatic carbocycles. The Bertz CT molecular complexity index is 484. The van der Waals surface area contributed by atoms with Gasteiger partial charge in [-0.2, -0.15) is 4.37 Å². The first kappa shape index (κ1) is 23.6. The summed E-state index contributed by atoms with van der Waals surface area (Å²) in [5, 5.41) is 3.34. The van der Waals surface area contributed by atoms with Crippen LogP contribution in [0.15, 0.2) is 0 Å². The molecule has 0 aromatic carbocycles. The Labute approximate surface area is 168 Å². The molecule has 0 bridgehead atoms. The van der Waals surface area contributed by atoms with E-state index in [4.69, 9.17) is 4.74 Å². The lowest BCUT2D eigenvalue weighted by Gasteiger charge is -2.08. The van der Waals surface area contributed by atoms with Crippen LogP contribution in [0.25, 0.3) is 0 Å². The van der Waals surface area contributed by atoms with Gasteiger partial charge in [0.05, 0.1) is 0 Å². The minimum Gasteiger partial charge on any atom is -0.381 e. The van der Waals surface area contributed by atoms with Crippen molar-refractivity contribution in [2.45, 2.75) is 84.5 Å². The van der Waals surface area contributed by atoms with Crippen LogP contribution >= 0.6 is 11.5 Å². The van der Waals surface area contributed by atoms with E-state index in [-0.39, 0.29) is 6.03 Å². The summed E-state index contributed by atoms with van der Waals surface area (Å²) in [4.78, 5) is 15.7. The second kappa shape index (κ2) is 16.7. The highest BCUT2D eigenvalue weighted by molar-refractivity contribution is 7.09. The summed E-state index contributed by atoms with van der Waals surface area (Å²) in [5.74, 6) is 0.685. The molecule has 2 amide bonds. The van der Waals surface area contributed by atoms with Crippen molar-refractivity contribution in [3.05, 3.63) is 5.82 Å². The third kappa shape index (κ3) is 14.3. The standard InChI is InChI=1S/C19H37N5O2S/c1-3-4-5-6-7-8-9-10-11-12-15-26-16-13-14-20-18(25)22-23-19-21-17(2)24-27-19/h3-16H2,1-2H3,(H2,20,22,25)(H,21,23,24). The maximum atomic E-state index is 11.6. The maximum absolute atomic E-state index is 11.6. The van der Waals surface area contributed by atoms with E-state index < -0.39 is 0 Å². The number of rotatable bonds is 17. The Morgan fingerprint density at radius 2 is 1.59 bits per heavy atom. The summed E-state index contributed by atoms with van der Waals surface area (Å²) >= 11 is 1.21. The molecule has 0 aliphatic rings. The number of aryl methyl sites for hydroxylation is 1. The summed E-state index contributed by atoms with van der Waals surface area (Å²) in [5.41, 5.74) is 5.25. The molecule has 0 atom stereocenters. The highest BCUT2D eigenvalue weighted by Gasteiger charge is 2.02. The van der Waals surface area contributed by atoms with Crippen molar-refractivity contribution < 1.29 is 9.53 Å². The van der Waals surface area contributed by atoms with Gasteiger partial charge in [0, 0.05) is 31.3 Å². The number of ether oxygens (including phenoxy) is 1. The van der Waals surface area contributed by atoms with E-state index in [1.165, 1.54) is 69.3 Å². The lowest BCUT2D eigenvalue weighted by Crippen LogP contribution is -2.39. The third-order valence-electron chi connectivity index (χ3n) is 4.20. The van der Waals surface area contributed by atoms with Crippen molar-refractivity contribution in [2.75, 3.05) is 25.2 Å². The number of hydrogen-bond acceptors (Lipinski definition) is 6. The number of nitrogens with zero attached hydrogens (tertiary/aromatic N) is 2. The molecule has 1 aromatic rings. The smallest absolute Gasteiger partial charge is 0.333 e. The molecule has 0 fully saturated rings. The molecule has 27 heavy (non-hydrogen) atoms. The zero-order valence-electron chi connectivity index (χ0n) is 17.0. The van der Waals surface area contributed by atoms with Crippen LogP contribution in [0, 0.1) is 6.92 Å². The van der Waals surface area contributed by atoms with Crippen LogP contribution in [0.5, 0.6) is 0 Å². The van der Waals surface area contributed by atoms with Crippen LogP contribution in [0.4, 0.5) is 9.93 Å². The van der Waals surface area contributed by atoms with Gasteiger partial charge in [-0.25, -0.2) is 15.2 Å². The predicted molar refractivity (Wildman–Crippen MR) is 112 cm³/mol. The number of carbonyl (C=O) groups is 1. The molecule has 1 heterocycles. The van der Waals surface area contributed by atoms with Gasteiger partial charge in [-0.15, -0.1) is 0 Å². The van der Waals surface area contributed by atoms with E-state index >= 15 is 0 Å². The van der Waals surface area contributed by atoms with Crippen LogP contribution in [-0.4, -0.2) is 35.1 Å². The average molecular weight is 400 g/mol. The SMILES string of the molecule is CCCCCCCCCCCCOCCCNC(=O)NNc1nc(C)ns1. The van der Waals surface area contributed by atoms with Gasteiger partial charge in [-0.3, -0.25) is 5.43 Å². The van der Waals surface area contributed by atoms with Gasteiger partial charge in [0.2, 0.25) is 5.13 Å². The summed E-state index contributed by atoms with van der Waals surface area (Å²) < 4.78 is 9.64. The minimum absolute atomic E-state index is 0.280. The number of amides is 2. The molecule has 0 aliphatic heterocycles. The molecule has 0 spiro atoms. The molecule has 0 unspecified atom stereocenters. The molecule has 0 saturated heterocycles. The van der Waals surface area contributed by atoms with Crippen LogP contribution in [-0.2, 0) is 4.74 Å². The van der Waals surface area contributed by atoms with Gasteiger partial charge < -0.3 is 10.1 Å². The van der Waals surface area contributed by atoms with Crippen LogP contribution in [0.1, 0.15) is 83.4 Å². The second-order valence-corrected chi connectivity index (χ2v) is 7.55. The zero-order chi connectivity index (χ0) is 19.6.